The summed E-state index contributed by atoms with van der Waals surface area (Å²) in [6.07, 6.45) is 3.77. The van der Waals surface area contributed by atoms with Crippen LogP contribution in [-0.2, 0) is 10.2 Å². The van der Waals surface area contributed by atoms with Crippen molar-refractivity contribution in [1.29, 1.82) is 0 Å². The van der Waals surface area contributed by atoms with Gasteiger partial charge in [-0.1, -0.05) is 6.92 Å². The molecule has 1 saturated heterocycles. The highest BCUT2D eigenvalue weighted by atomic mass is 35.5. The van der Waals surface area contributed by atoms with E-state index in [4.69, 9.17) is 5.73 Å². The van der Waals surface area contributed by atoms with Gasteiger partial charge in [0.2, 0.25) is 0 Å². The van der Waals surface area contributed by atoms with Crippen LogP contribution in [-0.4, -0.2) is 38.9 Å². The zero-order valence-corrected chi connectivity index (χ0v) is 12.0. The van der Waals surface area contributed by atoms with Gasteiger partial charge in [0.05, 0.1) is 0 Å². The van der Waals surface area contributed by atoms with E-state index in [2.05, 4.69) is 4.72 Å². The molecule has 0 amide bonds. The Labute approximate surface area is 111 Å². The number of nitrogens with zero attached hydrogens (tertiary/aromatic N) is 1. The number of rotatable bonds is 6. The fourth-order valence-corrected chi connectivity index (χ4v) is 3.46. The van der Waals surface area contributed by atoms with Crippen molar-refractivity contribution in [3.8, 4) is 0 Å². The van der Waals surface area contributed by atoms with Crippen molar-refractivity contribution in [3.05, 3.63) is 0 Å². The molecule has 0 bridgehead atoms. The molecule has 1 atom stereocenters. The zero-order chi connectivity index (χ0) is 12.0. The van der Waals surface area contributed by atoms with Crippen molar-refractivity contribution < 1.29 is 8.42 Å². The summed E-state index contributed by atoms with van der Waals surface area (Å²) in [6, 6.07) is 0. The van der Waals surface area contributed by atoms with Crippen LogP contribution in [0.2, 0.25) is 0 Å². The van der Waals surface area contributed by atoms with Gasteiger partial charge < -0.3 is 5.73 Å². The highest BCUT2D eigenvalue weighted by Crippen LogP contribution is 2.20. The monoisotopic (exact) mass is 285 g/mol. The molecule has 0 spiro atoms. The van der Waals surface area contributed by atoms with Gasteiger partial charge in [-0.25, -0.2) is 4.72 Å². The number of halogens is 1. The Morgan fingerprint density at radius 2 is 2.18 bits per heavy atom. The zero-order valence-electron chi connectivity index (χ0n) is 10.4. The van der Waals surface area contributed by atoms with Crippen molar-refractivity contribution in [3.63, 3.8) is 0 Å². The molecule has 1 aliphatic heterocycles. The lowest BCUT2D eigenvalue weighted by atomic mass is 9.96. The molecule has 0 aromatic heterocycles. The summed E-state index contributed by atoms with van der Waals surface area (Å²) in [5.74, 6) is 0.428. The quantitative estimate of drug-likeness (QED) is 0.755. The topological polar surface area (TPSA) is 75.4 Å². The number of nitrogens with two attached hydrogens (primary N) is 1. The molecule has 0 aromatic carbocycles. The Morgan fingerprint density at radius 3 is 2.76 bits per heavy atom. The molecular formula is C10H24ClN3O2S. The van der Waals surface area contributed by atoms with Gasteiger partial charge in [0.25, 0.3) is 10.2 Å². The molecule has 0 saturated carbocycles. The summed E-state index contributed by atoms with van der Waals surface area (Å²) in [4.78, 5) is 0. The number of piperidine rings is 1. The lowest BCUT2D eigenvalue weighted by Crippen LogP contribution is -2.46. The first-order valence-electron chi connectivity index (χ1n) is 6.05. The largest absolute Gasteiger partial charge is 0.330 e. The minimum absolute atomic E-state index is 0. The Kier molecular flexibility index (Phi) is 8.32. The predicted molar refractivity (Wildman–Crippen MR) is 72.4 cm³/mol. The predicted octanol–water partition coefficient (Wildman–Crippen LogP) is 0.713. The van der Waals surface area contributed by atoms with Crippen LogP contribution < -0.4 is 10.5 Å². The minimum Gasteiger partial charge on any atom is -0.330 e. The third-order valence-corrected chi connectivity index (χ3v) is 4.51. The van der Waals surface area contributed by atoms with Gasteiger partial charge in [-0.2, -0.15) is 12.7 Å². The summed E-state index contributed by atoms with van der Waals surface area (Å²) < 4.78 is 27.9. The molecule has 0 radical (unpaired) electrons. The smallest absolute Gasteiger partial charge is 0.279 e. The Morgan fingerprint density at radius 1 is 1.47 bits per heavy atom. The van der Waals surface area contributed by atoms with Crippen LogP contribution in [0.4, 0.5) is 0 Å². The van der Waals surface area contributed by atoms with Crippen molar-refractivity contribution in [1.82, 2.24) is 9.03 Å². The maximum absolute atomic E-state index is 11.9. The van der Waals surface area contributed by atoms with Crippen LogP contribution in [0.5, 0.6) is 0 Å². The third-order valence-electron chi connectivity index (χ3n) is 2.93. The van der Waals surface area contributed by atoms with E-state index in [-0.39, 0.29) is 12.4 Å². The van der Waals surface area contributed by atoms with E-state index in [0.29, 0.717) is 32.1 Å². The highest BCUT2D eigenvalue weighted by molar-refractivity contribution is 7.87. The first-order valence-corrected chi connectivity index (χ1v) is 7.49. The van der Waals surface area contributed by atoms with Crippen LogP contribution in [0.3, 0.4) is 0 Å². The Bertz CT molecular complexity index is 296. The second-order valence-electron chi connectivity index (χ2n) is 4.34. The van der Waals surface area contributed by atoms with Crippen molar-refractivity contribution in [2.24, 2.45) is 11.7 Å². The normalized spacial score (nSPS) is 22.1. The SMILES string of the molecule is CCCNS(=O)(=O)N1CCCC(CCN)C1.Cl. The van der Waals surface area contributed by atoms with Crippen LogP contribution in [0.15, 0.2) is 0 Å². The van der Waals surface area contributed by atoms with Crippen LogP contribution >= 0.6 is 12.4 Å². The Balaban J connectivity index is 0.00000256. The van der Waals surface area contributed by atoms with Crippen LogP contribution in [0, 0.1) is 5.92 Å². The third kappa shape index (κ3) is 5.52. The molecule has 1 heterocycles. The summed E-state index contributed by atoms with van der Waals surface area (Å²) >= 11 is 0. The van der Waals surface area contributed by atoms with E-state index in [1.165, 1.54) is 0 Å². The van der Waals surface area contributed by atoms with Gasteiger partial charge in [0.15, 0.2) is 0 Å². The van der Waals surface area contributed by atoms with Crippen molar-refractivity contribution in [2.75, 3.05) is 26.2 Å². The molecular weight excluding hydrogens is 262 g/mol. The standard InChI is InChI=1S/C10H23N3O2S.ClH/c1-2-7-12-16(14,15)13-8-3-4-10(9-13)5-6-11;/h10,12H,2-9,11H2,1H3;1H. The molecule has 17 heavy (non-hydrogen) atoms. The van der Waals surface area contributed by atoms with Crippen molar-refractivity contribution >= 4 is 22.6 Å². The van der Waals surface area contributed by atoms with Crippen LogP contribution in [0.25, 0.3) is 0 Å². The van der Waals surface area contributed by atoms with E-state index < -0.39 is 10.2 Å². The molecule has 1 fully saturated rings. The van der Waals surface area contributed by atoms with E-state index in [1.807, 2.05) is 6.92 Å². The molecule has 0 aliphatic carbocycles. The summed E-state index contributed by atoms with van der Waals surface area (Å²) in [5.41, 5.74) is 5.51. The molecule has 0 aromatic rings. The van der Waals surface area contributed by atoms with Crippen molar-refractivity contribution in [2.45, 2.75) is 32.6 Å². The summed E-state index contributed by atoms with van der Waals surface area (Å²) in [5, 5.41) is 0. The molecule has 7 heteroatoms. The first-order chi connectivity index (χ1) is 7.60. The van der Waals surface area contributed by atoms with E-state index in [9.17, 15) is 8.42 Å². The van der Waals surface area contributed by atoms with Crippen LogP contribution in [0.1, 0.15) is 32.6 Å². The number of nitrogens with one attached hydrogen (secondary N) is 1. The molecule has 3 N–H and O–H groups in total. The van der Waals surface area contributed by atoms with E-state index >= 15 is 0 Å². The van der Waals surface area contributed by atoms with E-state index in [0.717, 1.165) is 25.7 Å². The molecule has 5 nitrogen and oxygen atoms in total. The maximum atomic E-state index is 11.9. The fraction of sp³-hybridized carbons (Fsp3) is 1.00. The number of hydrogen-bond acceptors (Lipinski definition) is 3. The summed E-state index contributed by atoms with van der Waals surface area (Å²) in [7, 11) is -3.25. The molecule has 1 rings (SSSR count). The first kappa shape index (κ1) is 17.1. The molecule has 1 unspecified atom stereocenters. The highest BCUT2D eigenvalue weighted by Gasteiger charge is 2.27. The Hall–Kier alpha value is 0.120. The second-order valence-corrected chi connectivity index (χ2v) is 6.10. The average Bonchev–Trinajstić information content (AvgIpc) is 2.27. The second kappa shape index (κ2) is 8.26. The molecule has 1 aliphatic rings. The van der Waals surface area contributed by atoms with E-state index in [1.54, 1.807) is 4.31 Å². The van der Waals surface area contributed by atoms with Gasteiger partial charge >= 0.3 is 0 Å². The van der Waals surface area contributed by atoms with Gasteiger partial charge in [-0.15, -0.1) is 12.4 Å². The lowest BCUT2D eigenvalue weighted by Gasteiger charge is -2.31. The maximum Gasteiger partial charge on any atom is 0.279 e. The van der Waals surface area contributed by atoms with Gasteiger partial charge in [0, 0.05) is 19.6 Å². The average molecular weight is 286 g/mol. The van der Waals surface area contributed by atoms with Gasteiger partial charge in [-0.05, 0) is 38.1 Å². The minimum atomic E-state index is -3.25. The van der Waals surface area contributed by atoms with Gasteiger partial charge in [0.1, 0.15) is 0 Å². The lowest BCUT2D eigenvalue weighted by molar-refractivity contribution is 0.256. The summed E-state index contributed by atoms with van der Waals surface area (Å²) in [6.45, 7) is 4.37. The van der Waals surface area contributed by atoms with Gasteiger partial charge in [-0.3, -0.25) is 0 Å². The molecule has 104 valence electrons. The fourth-order valence-electron chi connectivity index (χ4n) is 2.04. The number of hydrogen-bond donors (Lipinski definition) is 2.